The Morgan fingerprint density at radius 2 is 0.443 bits per heavy atom. The first kappa shape index (κ1) is 140. The third kappa shape index (κ3) is 1050. The van der Waals surface area contributed by atoms with Crippen molar-refractivity contribution in [1.29, 1.82) is 42.1 Å². The maximum atomic E-state index is 10.4. The van der Waals surface area contributed by atoms with E-state index in [1.807, 2.05) is 46.8 Å². The molecule has 544 valence electrons. The molecule has 0 fully saturated rings. The topological polar surface area (TPSA) is 190 Å². The van der Waals surface area contributed by atoms with Gasteiger partial charge < -0.3 is 0 Å². The van der Waals surface area contributed by atoms with Crippen LogP contribution >= 0.6 is 368 Å². The van der Waals surface area contributed by atoms with Crippen LogP contribution in [0.1, 0.15) is 101 Å². The molecule has 0 rings (SSSR count). The van der Waals surface area contributed by atoms with Gasteiger partial charge in [0.05, 0.1) is 48.6 Å². The molecule has 0 aromatic carbocycles. The monoisotopic (exact) mass is 3410 g/mol. The van der Waals surface area contributed by atoms with E-state index < -0.39 is 103 Å². The van der Waals surface area contributed by atoms with Crippen LogP contribution in [0.4, 0.5) is 13.2 Å². The Hall–Kier alpha value is 13.2. The molecule has 0 bridgehead atoms. The van der Waals surface area contributed by atoms with Crippen molar-refractivity contribution >= 4 is 368 Å². The van der Waals surface area contributed by atoms with Gasteiger partial charge >= 0.3 is 451 Å². The van der Waals surface area contributed by atoms with Crippen LogP contribution in [0.5, 0.6) is 0 Å². The fourth-order valence-corrected chi connectivity index (χ4v) is 0.917. The Balaban J connectivity index is -0.0000000450. The quantitative estimate of drug-likeness (QED) is 0.267. The summed E-state index contributed by atoms with van der Waals surface area (Å²) in [6.07, 6.45) is 4.73. The first-order valence-corrected chi connectivity index (χ1v) is 178. The molecule has 0 aliphatic heterocycles. The fraction of sp³-hybridized carbons (Fsp3) is 0.724. The summed E-state index contributed by atoms with van der Waals surface area (Å²) in [5.74, 6) is 0.792. The first-order valence-electron chi connectivity index (χ1n) is 19.1. The zero-order chi connectivity index (χ0) is 77.3. The molecule has 59 heteroatoms. The van der Waals surface area contributed by atoms with Crippen LogP contribution in [-0.2, 0) is 83.3 Å². The van der Waals surface area contributed by atoms with Crippen LogP contribution < -0.4 is 0 Å². The van der Waals surface area contributed by atoms with Gasteiger partial charge in [-0.2, -0.15) is 42.1 Å². The Morgan fingerprint density at radius 3 is 0.455 bits per heavy atom. The van der Waals surface area contributed by atoms with Crippen LogP contribution in [0.2, 0.25) is 0 Å². The summed E-state index contributed by atoms with van der Waals surface area (Å²) in [6, 6.07) is 14.0. The number of hydrogen-bond donors (Lipinski definition) is 0. The molecule has 88 heavy (non-hydrogen) atoms. The predicted octanol–water partition coefficient (Wildman–Crippen LogP) is 36.3. The van der Waals surface area contributed by atoms with Crippen molar-refractivity contribution in [3.8, 4) is 48.6 Å². The molecular formula is C29H47Cl40F3N8Ta8. The van der Waals surface area contributed by atoms with Gasteiger partial charge in [-0.15, -0.1) is 0 Å². The molecule has 0 saturated heterocycles. The van der Waals surface area contributed by atoms with Crippen molar-refractivity contribution in [2.45, 2.75) is 101 Å². The number of halogens is 43. The van der Waals surface area contributed by atoms with Gasteiger partial charge in [0.1, 0.15) is 0 Å². The number of hydrogen-bond acceptors (Lipinski definition) is 8. The van der Waals surface area contributed by atoms with E-state index in [1.165, 1.54) is 18.2 Å². The van der Waals surface area contributed by atoms with E-state index in [2.05, 4.69) is 45.9 Å². The molecule has 0 aromatic rings. The molecule has 0 N–H and O–H groups in total. The number of alkyl halides is 3. The average Bonchev–Trinajstić information content (AvgIpc) is 3.13. The van der Waals surface area contributed by atoms with Crippen LogP contribution in [0.3, 0.4) is 0 Å². The van der Waals surface area contributed by atoms with E-state index in [-0.39, 0.29) is 11.3 Å². The molecule has 1 unspecified atom stereocenters. The summed E-state index contributed by atoms with van der Waals surface area (Å²) in [5.41, 5.74) is 0.189. The molecule has 0 spiro atoms. The van der Waals surface area contributed by atoms with E-state index in [4.69, 9.17) is 410 Å². The minimum absolute atomic E-state index is 0.189. The molecule has 0 heterocycles. The van der Waals surface area contributed by atoms with E-state index in [9.17, 15) is 13.2 Å². The summed E-state index contributed by atoms with van der Waals surface area (Å²) in [4.78, 5) is 0. The van der Waals surface area contributed by atoms with Gasteiger partial charge in [-0.3, -0.25) is 0 Å². The zero-order valence-electron chi connectivity index (χ0n) is 44.4. The fourth-order valence-electron chi connectivity index (χ4n) is 0.917. The standard InChI is InChI=1S/2C6H11N.C5H9N.2C3H5N.3C2H2FN.40ClH.8Ta/c1-6(2,3)4-5-7;1-3-4-6(2)5-7;1-5(2)3-4-6;2*1-2-3-4;3*3-1-2-4;;;;;;;;;;;;;;;;;;;;;;;;;;;;;;;;;;;;;;;;;;;;;;;;/h4H2,1-3H3;6H,3-4H2,1-2H3;5H,3H2,1-2H3;2*2H2,1H3;3*1H2;40*1H;;;;;;;;/q;;;;;;;;;;;;;;;;;;;;;;;;;;;;;;;;;;;;;;;;;;;;;;;;8*+5/p-40. The second kappa shape index (κ2) is 66.1. The number of rotatable bonds is 3. The summed E-state index contributed by atoms with van der Waals surface area (Å²) in [5, 5.41) is 61.4. The first-order chi connectivity index (χ1) is 36.6. The Labute approximate surface area is 676 Å². The molecule has 0 radical (unpaired) electrons. The van der Waals surface area contributed by atoms with Gasteiger partial charge in [0.2, 0.25) is 0 Å². The molecule has 0 saturated carbocycles. The molecular weight excluding hydrogens is 3380 g/mol. The van der Waals surface area contributed by atoms with E-state index in [1.54, 1.807) is 0 Å². The Kier molecular flexibility index (Phi) is 105. The van der Waals surface area contributed by atoms with Crippen molar-refractivity contribution in [1.82, 2.24) is 0 Å². The molecule has 0 aliphatic rings. The van der Waals surface area contributed by atoms with Crippen molar-refractivity contribution in [2.75, 3.05) is 20.0 Å². The Bertz CT molecular complexity index is 1640. The third-order valence-corrected chi connectivity index (χ3v) is 2.55. The van der Waals surface area contributed by atoms with Crippen molar-refractivity contribution < 1.29 is 96.5 Å². The third-order valence-electron chi connectivity index (χ3n) is 2.55. The maximum absolute atomic E-state index is 10.4. The van der Waals surface area contributed by atoms with Crippen LogP contribution in [-0.4, -0.2) is 20.0 Å². The van der Waals surface area contributed by atoms with Crippen molar-refractivity contribution in [3.05, 3.63) is 0 Å². The number of nitrogens with zero attached hydrogens (tertiary/aromatic N) is 8. The van der Waals surface area contributed by atoms with Crippen LogP contribution in [0.25, 0.3) is 0 Å². The average molecular weight is 3430 g/mol. The summed E-state index contributed by atoms with van der Waals surface area (Å²) in [6.45, 7) is 15.3. The van der Waals surface area contributed by atoms with Crippen LogP contribution in [0.15, 0.2) is 0 Å². The predicted molar refractivity (Wildman–Crippen MR) is 385 cm³/mol. The van der Waals surface area contributed by atoms with Gasteiger partial charge in [0.15, 0.2) is 20.0 Å². The summed E-state index contributed by atoms with van der Waals surface area (Å²) < 4.78 is 31.1. The molecule has 0 amide bonds. The van der Waals surface area contributed by atoms with E-state index in [0.717, 1.165) is 12.8 Å². The normalized spacial score (nSPS) is 14.0. The van der Waals surface area contributed by atoms with Crippen molar-refractivity contribution in [3.63, 3.8) is 0 Å². The number of nitriles is 8. The zero-order valence-corrected chi connectivity index (χ0v) is 100. The van der Waals surface area contributed by atoms with Gasteiger partial charge in [-0.05, 0) is 24.7 Å². The Morgan fingerprint density at radius 1 is 0.307 bits per heavy atom. The van der Waals surface area contributed by atoms with Gasteiger partial charge in [-0.1, -0.05) is 61.8 Å². The van der Waals surface area contributed by atoms with Crippen molar-refractivity contribution in [2.24, 2.45) is 17.3 Å². The minimum atomic E-state index is -4.44. The van der Waals surface area contributed by atoms with E-state index >= 15 is 0 Å². The van der Waals surface area contributed by atoms with Crippen LogP contribution in [0, 0.1) is 108 Å². The molecule has 0 aliphatic carbocycles. The van der Waals surface area contributed by atoms with Gasteiger partial charge in [0.25, 0.3) is 0 Å². The summed E-state index contributed by atoms with van der Waals surface area (Å²) >= 11 is 0. The second-order valence-corrected chi connectivity index (χ2v) is 385. The van der Waals surface area contributed by atoms with E-state index in [0.29, 0.717) is 31.6 Å². The molecule has 8 nitrogen and oxygen atoms in total. The second-order valence-electron chi connectivity index (χ2n) is 13.5. The van der Waals surface area contributed by atoms with Gasteiger partial charge in [-0.25, -0.2) is 13.2 Å². The molecule has 0 aromatic heterocycles. The summed E-state index contributed by atoms with van der Waals surface area (Å²) in [7, 11) is 167. The SMILES string of the molecule is CC(C)(C)CC#N.CC(C)CC#N.CCC#N.CCC#N.CCCC(C)C#N.N#CCF.N#CCF.N#CCF.[Cl][Ta]([Cl])([Cl])([Cl])[Cl].[Cl][Ta]([Cl])([Cl])([Cl])[Cl].[Cl][Ta]([Cl])([Cl])([Cl])[Cl].[Cl][Ta]([Cl])([Cl])([Cl])[Cl].[Cl][Ta]([Cl])([Cl])([Cl])[Cl].[Cl][Ta]([Cl])([Cl])([Cl])[Cl].[Cl][Ta]([Cl])([Cl])([Cl])[Cl].[Cl][Ta]([Cl])([Cl])([Cl])[Cl]. The molecule has 1 atom stereocenters. The van der Waals surface area contributed by atoms with Gasteiger partial charge in [0, 0.05) is 31.6 Å².